The van der Waals surface area contributed by atoms with Crippen LogP contribution in [0, 0.1) is 11.8 Å². The summed E-state index contributed by atoms with van der Waals surface area (Å²) >= 11 is 0. The molecular weight excluding hydrogens is 222 g/mol. The van der Waals surface area contributed by atoms with Crippen molar-refractivity contribution in [2.24, 2.45) is 11.8 Å². The van der Waals surface area contributed by atoms with Gasteiger partial charge in [-0.3, -0.25) is 0 Å². The van der Waals surface area contributed by atoms with Gasteiger partial charge >= 0.3 is 0 Å². The molecule has 0 amide bonds. The first-order valence-electron chi connectivity index (χ1n) is 7.00. The number of rotatable bonds is 4. The molecule has 0 aromatic carbocycles. The third kappa shape index (κ3) is 2.83. The van der Waals surface area contributed by atoms with Crippen LogP contribution in [0.4, 0.5) is 5.82 Å². The maximum Gasteiger partial charge on any atom is 0.128 e. The first-order chi connectivity index (χ1) is 8.61. The predicted molar refractivity (Wildman–Crippen MR) is 76.9 cm³/mol. The fourth-order valence-corrected chi connectivity index (χ4v) is 2.58. The molecule has 0 bridgehead atoms. The molecular formula is C15H25N3. The second kappa shape index (κ2) is 5.70. The molecule has 100 valence electrons. The Balaban J connectivity index is 2.10. The van der Waals surface area contributed by atoms with E-state index in [1.54, 1.807) is 0 Å². The van der Waals surface area contributed by atoms with Gasteiger partial charge in [-0.15, -0.1) is 0 Å². The smallest absolute Gasteiger partial charge is 0.128 e. The van der Waals surface area contributed by atoms with Crippen molar-refractivity contribution in [1.29, 1.82) is 0 Å². The van der Waals surface area contributed by atoms with E-state index in [9.17, 15) is 0 Å². The van der Waals surface area contributed by atoms with Crippen LogP contribution in [0.1, 0.15) is 38.8 Å². The Morgan fingerprint density at radius 1 is 1.39 bits per heavy atom. The molecule has 1 aliphatic heterocycles. The molecule has 1 N–H and O–H groups in total. The van der Waals surface area contributed by atoms with Gasteiger partial charge < -0.3 is 10.2 Å². The van der Waals surface area contributed by atoms with Crippen LogP contribution in [0.25, 0.3) is 0 Å². The molecule has 1 aliphatic rings. The van der Waals surface area contributed by atoms with E-state index in [-0.39, 0.29) is 0 Å². The lowest BCUT2D eigenvalue weighted by atomic mass is 9.95. The zero-order valence-corrected chi connectivity index (χ0v) is 12.0. The Labute approximate surface area is 111 Å². The van der Waals surface area contributed by atoms with Gasteiger partial charge in [0.05, 0.1) is 0 Å². The van der Waals surface area contributed by atoms with Crippen LogP contribution < -0.4 is 10.2 Å². The lowest BCUT2D eigenvalue weighted by molar-refractivity contribution is 0.422. The van der Waals surface area contributed by atoms with E-state index in [0.29, 0.717) is 6.04 Å². The summed E-state index contributed by atoms with van der Waals surface area (Å²) in [5.41, 5.74) is 1.32. The van der Waals surface area contributed by atoms with Crippen LogP contribution in [0.15, 0.2) is 18.3 Å². The average Bonchev–Trinajstić information content (AvgIpc) is 2.88. The van der Waals surface area contributed by atoms with Crippen molar-refractivity contribution in [1.82, 2.24) is 10.3 Å². The fraction of sp³-hybridized carbons (Fsp3) is 0.667. The van der Waals surface area contributed by atoms with Crippen molar-refractivity contribution in [3.05, 3.63) is 23.9 Å². The van der Waals surface area contributed by atoms with Gasteiger partial charge in [-0.25, -0.2) is 4.98 Å². The van der Waals surface area contributed by atoms with E-state index in [1.165, 1.54) is 12.0 Å². The lowest BCUT2D eigenvalue weighted by Gasteiger charge is -2.20. The molecule has 1 aromatic heterocycles. The summed E-state index contributed by atoms with van der Waals surface area (Å²) in [5.74, 6) is 2.73. The minimum Gasteiger partial charge on any atom is -0.356 e. The molecule has 0 aliphatic carbocycles. The molecule has 3 heteroatoms. The second-order valence-corrected chi connectivity index (χ2v) is 5.70. The number of nitrogens with one attached hydrogen (secondary N) is 1. The maximum absolute atomic E-state index is 4.53. The van der Waals surface area contributed by atoms with Gasteiger partial charge in [0.15, 0.2) is 0 Å². The van der Waals surface area contributed by atoms with E-state index in [0.717, 1.165) is 30.7 Å². The summed E-state index contributed by atoms with van der Waals surface area (Å²) in [6.07, 6.45) is 3.23. The molecule has 2 atom stereocenters. The summed E-state index contributed by atoms with van der Waals surface area (Å²) in [5, 5.41) is 3.28. The lowest BCUT2D eigenvalue weighted by Crippen LogP contribution is -2.22. The van der Waals surface area contributed by atoms with Crippen LogP contribution in [-0.2, 0) is 0 Å². The molecule has 0 spiro atoms. The molecule has 0 saturated carbocycles. The standard InChI is InChI=1S/C15H25N3/c1-11(2)14-6-8-18(10-14)15-9-13(5-7-17-15)12(3)16-4/h5,7,9,11-12,14,16H,6,8,10H2,1-4H3. The third-order valence-electron chi connectivity index (χ3n) is 4.19. The Morgan fingerprint density at radius 2 is 2.17 bits per heavy atom. The van der Waals surface area contributed by atoms with Crippen molar-refractivity contribution in [2.45, 2.75) is 33.2 Å². The summed E-state index contributed by atoms with van der Waals surface area (Å²) < 4.78 is 0. The zero-order valence-electron chi connectivity index (χ0n) is 12.0. The molecule has 2 rings (SSSR count). The Bertz CT molecular complexity index is 389. The molecule has 3 nitrogen and oxygen atoms in total. The molecule has 1 saturated heterocycles. The van der Waals surface area contributed by atoms with Gasteiger partial charge in [0, 0.05) is 25.3 Å². The largest absolute Gasteiger partial charge is 0.356 e. The molecule has 2 unspecified atom stereocenters. The number of anilines is 1. The zero-order chi connectivity index (χ0) is 13.1. The molecule has 0 radical (unpaired) electrons. The van der Waals surface area contributed by atoms with E-state index in [4.69, 9.17) is 0 Å². The quantitative estimate of drug-likeness (QED) is 0.887. The third-order valence-corrected chi connectivity index (χ3v) is 4.19. The molecule has 1 aromatic rings. The first kappa shape index (κ1) is 13.3. The van der Waals surface area contributed by atoms with E-state index < -0.39 is 0 Å². The summed E-state index contributed by atoms with van der Waals surface area (Å²) in [6.45, 7) is 9.12. The van der Waals surface area contributed by atoms with Crippen molar-refractivity contribution in [3.8, 4) is 0 Å². The van der Waals surface area contributed by atoms with Gasteiger partial charge in [0.25, 0.3) is 0 Å². The second-order valence-electron chi connectivity index (χ2n) is 5.70. The Hall–Kier alpha value is -1.09. The highest BCUT2D eigenvalue weighted by atomic mass is 15.2. The minimum absolute atomic E-state index is 0.384. The SMILES string of the molecule is CNC(C)c1ccnc(N2CCC(C(C)C)C2)c1. The van der Waals surface area contributed by atoms with Gasteiger partial charge in [-0.2, -0.15) is 0 Å². The van der Waals surface area contributed by atoms with E-state index in [1.807, 2.05) is 13.2 Å². The normalized spacial score (nSPS) is 21.6. The minimum atomic E-state index is 0.384. The number of pyridine rings is 1. The summed E-state index contributed by atoms with van der Waals surface area (Å²) in [7, 11) is 2.00. The monoisotopic (exact) mass is 247 g/mol. The highest BCUT2D eigenvalue weighted by Gasteiger charge is 2.25. The number of aromatic nitrogens is 1. The highest BCUT2D eigenvalue weighted by molar-refractivity contribution is 5.42. The molecule has 2 heterocycles. The van der Waals surface area contributed by atoms with Gasteiger partial charge in [0.1, 0.15) is 5.82 Å². The Kier molecular flexibility index (Phi) is 4.23. The van der Waals surface area contributed by atoms with Gasteiger partial charge in [-0.1, -0.05) is 13.8 Å². The average molecular weight is 247 g/mol. The highest BCUT2D eigenvalue weighted by Crippen LogP contribution is 2.28. The topological polar surface area (TPSA) is 28.2 Å². The van der Waals surface area contributed by atoms with Crippen LogP contribution in [-0.4, -0.2) is 25.1 Å². The van der Waals surface area contributed by atoms with Gasteiger partial charge in [-0.05, 0) is 49.9 Å². The van der Waals surface area contributed by atoms with Crippen molar-refractivity contribution >= 4 is 5.82 Å². The molecule has 1 fully saturated rings. The van der Waals surface area contributed by atoms with Gasteiger partial charge in [0.2, 0.25) is 0 Å². The van der Waals surface area contributed by atoms with Crippen molar-refractivity contribution in [2.75, 3.05) is 25.0 Å². The van der Waals surface area contributed by atoms with Crippen LogP contribution in [0.5, 0.6) is 0 Å². The first-order valence-corrected chi connectivity index (χ1v) is 7.00. The van der Waals surface area contributed by atoms with Crippen LogP contribution in [0.2, 0.25) is 0 Å². The van der Waals surface area contributed by atoms with Crippen LogP contribution >= 0.6 is 0 Å². The number of hydrogen-bond acceptors (Lipinski definition) is 3. The van der Waals surface area contributed by atoms with Crippen LogP contribution in [0.3, 0.4) is 0 Å². The van der Waals surface area contributed by atoms with E-state index >= 15 is 0 Å². The Morgan fingerprint density at radius 3 is 2.78 bits per heavy atom. The van der Waals surface area contributed by atoms with Crippen molar-refractivity contribution < 1.29 is 0 Å². The van der Waals surface area contributed by atoms with Crippen molar-refractivity contribution in [3.63, 3.8) is 0 Å². The fourth-order valence-electron chi connectivity index (χ4n) is 2.58. The maximum atomic E-state index is 4.53. The van der Waals surface area contributed by atoms with E-state index in [2.05, 4.69) is 48.1 Å². The summed E-state index contributed by atoms with van der Waals surface area (Å²) in [6, 6.07) is 4.71. The number of hydrogen-bond donors (Lipinski definition) is 1. The predicted octanol–water partition coefficient (Wildman–Crippen LogP) is 2.84. The number of nitrogens with zero attached hydrogens (tertiary/aromatic N) is 2. The molecule has 18 heavy (non-hydrogen) atoms. The summed E-state index contributed by atoms with van der Waals surface area (Å²) in [4.78, 5) is 6.96.